The fraction of sp³-hybridized carbons (Fsp3) is 0.682. The van der Waals surface area contributed by atoms with Crippen molar-refractivity contribution in [3.05, 3.63) is 35.5 Å². The van der Waals surface area contributed by atoms with Crippen molar-refractivity contribution in [3.8, 4) is 0 Å². The largest absolute Gasteiger partial charge is 0.478 e. The van der Waals surface area contributed by atoms with Crippen LogP contribution < -0.4 is 0 Å². The minimum atomic E-state index is -0.873. The van der Waals surface area contributed by atoms with Gasteiger partial charge in [0.05, 0.1) is 5.57 Å². The number of rotatable bonds is 2. The predicted octanol–water partition coefficient (Wildman–Crippen LogP) is 5.52. The van der Waals surface area contributed by atoms with Crippen molar-refractivity contribution in [2.24, 2.45) is 28.6 Å². The number of allylic oxidation sites excluding steroid dienone is 3. The molecule has 2 nitrogen and oxygen atoms in total. The highest BCUT2D eigenvalue weighted by Gasteiger charge is 2.55. The summed E-state index contributed by atoms with van der Waals surface area (Å²) in [4.78, 5) is 11.5. The van der Waals surface area contributed by atoms with E-state index in [9.17, 15) is 9.90 Å². The monoisotopic (exact) mass is 326 g/mol. The van der Waals surface area contributed by atoms with Crippen LogP contribution in [0.25, 0.3) is 0 Å². The number of hydrogen-bond acceptors (Lipinski definition) is 1. The van der Waals surface area contributed by atoms with Crippen LogP contribution in [0.5, 0.6) is 0 Å². The molecule has 0 heterocycles. The molecule has 1 N–H and O–H groups in total. The molecular weight excluding hydrogens is 296 g/mol. The van der Waals surface area contributed by atoms with Crippen LogP contribution >= 0.6 is 0 Å². The van der Waals surface area contributed by atoms with Gasteiger partial charge in [-0.15, -0.1) is 0 Å². The number of hydrogen-bond donors (Lipinski definition) is 1. The molecule has 4 aliphatic carbocycles. The molecule has 0 saturated heterocycles. The average molecular weight is 326 g/mol. The van der Waals surface area contributed by atoms with E-state index < -0.39 is 5.97 Å². The van der Waals surface area contributed by atoms with E-state index >= 15 is 0 Å². The average Bonchev–Trinajstić information content (AvgIpc) is 2.90. The molecule has 24 heavy (non-hydrogen) atoms. The number of carboxylic acid groups (broad SMARTS) is 1. The van der Waals surface area contributed by atoms with Crippen molar-refractivity contribution >= 4 is 5.97 Å². The summed E-state index contributed by atoms with van der Waals surface area (Å²) in [6.45, 7) is 8.68. The Morgan fingerprint density at radius 2 is 1.92 bits per heavy atom. The Morgan fingerprint density at radius 1 is 1.12 bits per heavy atom. The summed E-state index contributed by atoms with van der Waals surface area (Å²) < 4.78 is 0. The zero-order chi connectivity index (χ0) is 17.1. The van der Waals surface area contributed by atoms with Gasteiger partial charge in [-0.3, -0.25) is 0 Å². The molecule has 1 unspecified atom stereocenters. The van der Waals surface area contributed by atoms with Crippen LogP contribution in [0.1, 0.15) is 65.2 Å². The van der Waals surface area contributed by atoms with Crippen molar-refractivity contribution in [1.29, 1.82) is 0 Å². The first-order valence-corrected chi connectivity index (χ1v) is 9.73. The zero-order valence-corrected chi connectivity index (χ0v) is 15.1. The molecule has 3 fully saturated rings. The highest BCUT2D eigenvalue weighted by molar-refractivity contribution is 5.92. The molecule has 2 heteroatoms. The molecule has 0 aromatic carbocycles. The van der Waals surface area contributed by atoms with Gasteiger partial charge in [0, 0.05) is 5.41 Å². The van der Waals surface area contributed by atoms with Gasteiger partial charge in [0.15, 0.2) is 0 Å². The highest BCUT2D eigenvalue weighted by atomic mass is 16.4. The molecule has 5 atom stereocenters. The van der Waals surface area contributed by atoms with Gasteiger partial charge in [0.2, 0.25) is 0 Å². The summed E-state index contributed by atoms with van der Waals surface area (Å²) in [5, 5.41) is 9.41. The molecule has 130 valence electrons. The van der Waals surface area contributed by atoms with E-state index in [0.717, 1.165) is 23.8 Å². The first-order valence-electron chi connectivity index (χ1n) is 9.73. The minimum Gasteiger partial charge on any atom is -0.478 e. The lowest BCUT2D eigenvalue weighted by Crippen LogP contribution is -2.50. The summed E-state index contributed by atoms with van der Waals surface area (Å²) in [6, 6.07) is 0. The smallest absolute Gasteiger partial charge is 0.335 e. The van der Waals surface area contributed by atoms with E-state index in [-0.39, 0.29) is 5.41 Å². The van der Waals surface area contributed by atoms with Gasteiger partial charge in [0.25, 0.3) is 0 Å². The predicted molar refractivity (Wildman–Crippen MR) is 96.6 cm³/mol. The molecule has 0 aliphatic heterocycles. The first kappa shape index (κ1) is 16.2. The maximum Gasteiger partial charge on any atom is 0.335 e. The van der Waals surface area contributed by atoms with E-state index in [2.05, 4.69) is 32.6 Å². The van der Waals surface area contributed by atoms with Crippen LogP contribution in [0.2, 0.25) is 0 Å². The summed E-state index contributed by atoms with van der Waals surface area (Å²) in [6.07, 6.45) is 14.9. The number of aliphatic carboxylic acids is 1. The Bertz CT molecular complexity index is 655. The van der Waals surface area contributed by atoms with Crippen LogP contribution in [0.4, 0.5) is 0 Å². The van der Waals surface area contributed by atoms with Gasteiger partial charge in [-0.1, -0.05) is 51.0 Å². The Labute approximate surface area is 145 Å². The Balaban J connectivity index is 1.65. The molecule has 0 spiro atoms. The van der Waals surface area contributed by atoms with Crippen molar-refractivity contribution < 1.29 is 9.90 Å². The summed E-state index contributed by atoms with van der Waals surface area (Å²) >= 11 is 0. The van der Waals surface area contributed by atoms with Gasteiger partial charge >= 0.3 is 5.97 Å². The second-order valence-electron chi connectivity index (χ2n) is 9.10. The van der Waals surface area contributed by atoms with Crippen LogP contribution in [0.15, 0.2) is 35.5 Å². The third-order valence-corrected chi connectivity index (χ3v) is 8.21. The van der Waals surface area contributed by atoms with Crippen LogP contribution in [0, 0.1) is 28.6 Å². The van der Waals surface area contributed by atoms with E-state index in [1.165, 1.54) is 50.5 Å². The lowest BCUT2D eigenvalue weighted by molar-refractivity contribution is -0.132. The van der Waals surface area contributed by atoms with Crippen molar-refractivity contribution in [2.75, 3.05) is 0 Å². The molecule has 4 aliphatic rings. The van der Waals surface area contributed by atoms with Gasteiger partial charge in [-0.2, -0.15) is 0 Å². The first-order chi connectivity index (χ1) is 11.4. The maximum absolute atomic E-state index is 11.5. The Kier molecular flexibility index (Phi) is 3.60. The number of carbonyl (C=O) groups is 1. The quantitative estimate of drug-likeness (QED) is 0.679. The fourth-order valence-corrected chi connectivity index (χ4v) is 6.84. The van der Waals surface area contributed by atoms with Crippen LogP contribution in [-0.4, -0.2) is 11.1 Å². The fourth-order valence-electron chi connectivity index (χ4n) is 6.84. The van der Waals surface area contributed by atoms with Crippen molar-refractivity contribution in [1.82, 2.24) is 0 Å². The molecule has 0 bridgehead atoms. The Morgan fingerprint density at radius 3 is 2.67 bits per heavy atom. The molecule has 0 aromatic heterocycles. The van der Waals surface area contributed by atoms with E-state index in [4.69, 9.17) is 0 Å². The SMILES string of the molecule is C=C(C(=O)O)C1=CC=C2[C@@H]3CCC4CCCC[C@]4(C)[C@H]3CC[C@]12C. The molecule has 0 amide bonds. The standard InChI is InChI=1S/C22H30O2/c1-14(20(23)24)17-9-10-18-16-8-7-15-6-4-5-12-21(15,2)19(16)11-13-22(17,18)3/h9-10,15-16,19H,1,4-8,11-13H2,2-3H3,(H,23,24)/t15?,16-,19-,21-,22+/m0/s1. The minimum absolute atomic E-state index is 0.0888. The van der Waals surface area contributed by atoms with Crippen molar-refractivity contribution in [3.63, 3.8) is 0 Å². The van der Waals surface area contributed by atoms with Gasteiger partial charge in [-0.05, 0) is 67.3 Å². The van der Waals surface area contributed by atoms with Crippen LogP contribution in [0.3, 0.4) is 0 Å². The molecule has 3 saturated carbocycles. The van der Waals surface area contributed by atoms with Gasteiger partial charge in [-0.25, -0.2) is 4.79 Å². The van der Waals surface area contributed by atoms with Gasteiger partial charge < -0.3 is 5.11 Å². The molecular formula is C22H30O2. The van der Waals surface area contributed by atoms with E-state index in [0.29, 0.717) is 16.9 Å². The second-order valence-corrected chi connectivity index (χ2v) is 9.10. The number of carboxylic acids is 1. The van der Waals surface area contributed by atoms with E-state index in [1.54, 1.807) is 0 Å². The highest BCUT2D eigenvalue weighted by Crippen LogP contribution is 2.65. The molecule has 0 aromatic rings. The second kappa shape index (κ2) is 5.34. The number of fused-ring (bicyclic) bond motifs is 5. The summed E-state index contributed by atoms with van der Waals surface area (Å²) in [5.41, 5.74) is 3.19. The molecule has 4 rings (SSSR count). The summed E-state index contributed by atoms with van der Waals surface area (Å²) in [5.74, 6) is 1.49. The molecule has 0 radical (unpaired) electrons. The van der Waals surface area contributed by atoms with E-state index in [1.807, 2.05) is 0 Å². The normalized spacial score (nSPS) is 43.8. The van der Waals surface area contributed by atoms with Crippen molar-refractivity contribution in [2.45, 2.75) is 65.2 Å². The lowest BCUT2D eigenvalue weighted by Gasteiger charge is -2.58. The lowest BCUT2D eigenvalue weighted by atomic mass is 9.46. The zero-order valence-electron chi connectivity index (χ0n) is 15.1. The maximum atomic E-state index is 11.5. The van der Waals surface area contributed by atoms with Crippen LogP contribution in [-0.2, 0) is 4.79 Å². The third kappa shape index (κ3) is 2.04. The summed E-state index contributed by atoms with van der Waals surface area (Å²) in [7, 11) is 0. The Hall–Kier alpha value is -1.31. The topological polar surface area (TPSA) is 37.3 Å². The third-order valence-electron chi connectivity index (χ3n) is 8.21. The van der Waals surface area contributed by atoms with Gasteiger partial charge in [0.1, 0.15) is 0 Å².